The monoisotopic (exact) mass is 188 g/mol. The minimum absolute atomic E-state index is 0.231. The molecule has 0 unspecified atom stereocenters. The van der Waals surface area contributed by atoms with Gasteiger partial charge in [-0.1, -0.05) is 18.2 Å². The highest BCUT2D eigenvalue weighted by Crippen LogP contribution is 2.17. The van der Waals surface area contributed by atoms with Crippen molar-refractivity contribution in [1.29, 1.82) is 0 Å². The number of fused-ring (bicyclic) bond motifs is 1. The highest BCUT2D eigenvalue weighted by Gasteiger charge is 1.99. The summed E-state index contributed by atoms with van der Waals surface area (Å²) in [6.07, 6.45) is 5.22. The van der Waals surface area contributed by atoms with Crippen molar-refractivity contribution >= 4 is 10.8 Å². The lowest BCUT2D eigenvalue weighted by molar-refractivity contribution is 0.289. The van der Waals surface area contributed by atoms with Gasteiger partial charge in [0.05, 0.1) is 12.4 Å². The Balaban J connectivity index is 2.43. The second-order valence-electron chi connectivity index (χ2n) is 3.24. The maximum atomic E-state index is 8.77. The summed E-state index contributed by atoms with van der Waals surface area (Å²) in [6, 6.07) is 6.10. The fraction of sp³-hybridized carbons (Fsp3) is 0.273. The molecule has 1 heterocycles. The van der Waals surface area contributed by atoms with Gasteiger partial charge >= 0.3 is 0 Å². The second-order valence-corrected chi connectivity index (χ2v) is 3.24. The summed E-state index contributed by atoms with van der Waals surface area (Å²) in [7, 11) is 0. The molecule has 0 radical (unpaired) electrons. The van der Waals surface area contributed by atoms with Gasteiger partial charge in [0.25, 0.3) is 0 Å². The normalized spacial score (nSPS) is 10.6. The molecule has 0 spiro atoms. The van der Waals surface area contributed by atoms with E-state index in [1.807, 2.05) is 12.1 Å². The van der Waals surface area contributed by atoms with Crippen LogP contribution in [0.4, 0.5) is 0 Å². The number of hydrogen-bond donors (Lipinski definition) is 1. The molecule has 0 bridgehead atoms. The summed E-state index contributed by atoms with van der Waals surface area (Å²) in [4.78, 5) is 0. The third kappa shape index (κ3) is 1.72. The van der Waals surface area contributed by atoms with Crippen LogP contribution in [-0.4, -0.2) is 21.9 Å². The van der Waals surface area contributed by atoms with Gasteiger partial charge in [-0.25, -0.2) is 0 Å². The Morgan fingerprint density at radius 3 is 2.86 bits per heavy atom. The summed E-state index contributed by atoms with van der Waals surface area (Å²) >= 11 is 0. The van der Waals surface area contributed by atoms with E-state index in [2.05, 4.69) is 16.3 Å². The predicted octanol–water partition coefficient (Wildman–Crippen LogP) is 1.55. The van der Waals surface area contributed by atoms with Crippen molar-refractivity contribution in [1.82, 2.24) is 10.2 Å². The molecule has 0 aliphatic heterocycles. The molecule has 0 saturated carbocycles. The molecule has 3 nitrogen and oxygen atoms in total. The molecule has 0 aliphatic carbocycles. The predicted molar refractivity (Wildman–Crippen MR) is 54.9 cm³/mol. The van der Waals surface area contributed by atoms with Gasteiger partial charge in [0.1, 0.15) is 0 Å². The van der Waals surface area contributed by atoms with Crippen molar-refractivity contribution < 1.29 is 5.11 Å². The fourth-order valence-electron chi connectivity index (χ4n) is 1.58. The largest absolute Gasteiger partial charge is 0.396 e. The Hall–Kier alpha value is -1.48. The number of rotatable bonds is 3. The van der Waals surface area contributed by atoms with Crippen LogP contribution in [0.25, 0.3) is 10.8 Å². The van der Waals surface area contributed by atoms with E-state index in [0.717, 1.165) is 23.6 Å². The molecule has 0 fully saturated rings. The molecule has 1 N–H and O–H groups in total. The Morgan fingerprint density at radius 2 is 2.00 bits per heavy atom. The first-order valence-corrected chi connectivity index (χ1v) is 4.71. The smallest absolute Gasteiger partial charge is 0.0577 e. The van der Waals surface area contributed by atoms with Crippen molar-refractivity contribution in [3.8, 4) is 0 Å². The average molecular weight is 188 g/mol. The maximum absolute atomic E-state index is 8.77. The molecule has 0 aliphatic rings. The number of aromatic nitrogens is 2. The van der Waals surface area contributed by atoms with Crippen LogP contribution in [0, 0.1) is 0 Å². The lowest BCUT2D eigenvalue weighted by atomic mass is 10.0. The fourth-order valence-corrected chi connectivity index (χ4v) is 1.58. The summed E-state index contributed by atoms with van der Waals surface area (Å²) in [5.41, 5.74) is 1.23. The van der Waals surface area contributed by atoms with Gasteiger partial charge in [0, 0.05) is 17.4 Å². The zero-order chi connectivity index (χ0) is 9.80. The zero-order valence-corrected chi connectivity index (χ0v) is 7.85. The second kappa shape index (κ2) is 4.15. The Kier molecular flexibility index (Phi) is 2.70. The van der Waals surface area contributed by atoms with Crippen LogP contribution in [0.5, 0.6) is 0 Å². The standard InChI is InChI=1S/C11H12N2O/c14-6-2-5-9-3-1-4-10-7-12-13-8-11(9)10/h1,3-4,7-8,14H,2,5-6H2. The zero-order valence-electron chi connectivity index (χ0n) is 7.85. The Labute approximate surface area is 82.4 Å². The number of aliphatic hydroxyl groups is 1. The van der Waals surface area contributed by atoms with E-state index in [1.165, 1.54) is 5.56 Å². The van der Waals surface area contributed by atoms with E-state index in [1.54, 1.807) is 12.4 Å². The van der Waals surface area contributed by atoms with Crippen LogP contribution in [0.2, 0.25) is 0 Å². The summed E-state index contributed by atoms with van der Waals surface area (Å²) in [5.74, 6) is 0. The molecular weight excluding hydrogens is 176 g/mol. The Morgan fingerprint density at radius 1 is 1.14 bits per heavy atom. The molecule has 2 rings (SSSR count). The van der Waals surface area contributed by atoms with E-state index in [0.29, 0.717) is 0 Å². The van der Waals surface area contributed by atoms with E-state index < -0.39 is 0 Å². The minimum atomic E-state index is 0.231. The SMILES string of the molecule is OCCCc1cccc2cnncc12. The number of nitrogens with zero attached hydrogens (tertiary/aromatic N) is 2. The Bertz CT molecular complexity index is 423. The van der Waals surface area contributed by atoms with Gasteiger partial charge in [0.15, 0.2) is 0 Å². The summed E-state index contributed by atoms with van der Waals surface area (Å²) < 4.78 is 0. The lowest BCUT2D eigenvalue weighted by Gasteiger charge is -2.03. The number of aryl methyl sites for hydroxylation is 1. The first-order valence-electron chi connectivity index (χ1n) is 4.71. The van der Waals surface area contributed by atoms with Crippen LogP contribution >= 0.6 is 0 Å². The lowest BCUT2D eigenvalue weighted by Crippen LogP contribution is -1.92. The van der Waals surface area contributed by atoms with Crippen LogP contribution in [0.15, 0.2) is 30.6 Å². The van der Waals surface area contributed by atoms with Gasteiger partial charge < -0.3 is 5.11 Å². The van der Waals surface area contributed by atoms with Crippen molar-refractivity contribution in [3.63, 3.8) is 0 Å². The van der Waals surface area contributed by atoms with Gasteiger partial charge in [-0.15, -0.1) is 0 Å². The van der Waals surface area contributed by atoms with Gasteiger partial charge in [-0.3, -0.25) is 0 Å². The highest BCUT2D eigenvalue weighted by molar-refractivity contribution is 5.83. The number of benzene rings is 1. The van der Waals surface area contributed by atoms with E-state index in [9.17, 15) is 0 Å². The first kappa shape index (κ1) is 9.09. The molecule has 72 valence electrons. The molecule has 1 aromatic heterocycles. The highest BCUT2D eigenvalue weighted by atomic mass is 16.2. The van der Waals surface area contributed by atoms with E-state index in [4.69, 9.17) is 5.11 Å². The quantitative estimate of drug-likeness (QED) is 0.795. The summed E-state index contributed by atoms with van der Waals surface area (Å²) in [6.45, 7) is 0.231. The van der Waals surface area contributed by atoms with E-state index >= 15 is 0 Å². The number of hydrogen-bond acceptors (Lipinski definition) is 3. The number of aliphatic hydroxyl groups excluding tert-OH is 1. The van der Waals surface area contributed by atoms with E-state index in [-0.39, 0.29) is 6.61 Å². The molecule has 1 aromatic carbocycles. The van der Waals surface area contributed by atoms with Crippen molar-refractivity contribution in [3.05, 3.63) is 36.2 Å². The molecule has 0 atom stereocenters. The van der Waals surface area contributed by atoms with Crippen LogP contribution < -0.4 is 0 Å². The van der Waals surface area contributed by atoms with Crippen molar-refractivity contribution in [2.75, 3.05) is 6.61 Å². The van der Waals surface area contributed by atoms with Crippen LogP contribution in [-0.2, 0) is 6.42 Å². The van der Waals surface area contributed by atoms with Crippen LogP contribution in [0.1, 0.15) is 12.0 Å². The van der Waals surface area contributed by atoms with Gasteiger partial charge in [0.2, 0.25) is 0 Å². The van der Waals surface area contributed by atoms with Gasteiger partial charge in [-0.05, 0) is 18.4 Å². The molecule has 0 saturated heterocycles. The van der Waals surface area contributed by atoms with Crippen molar-refractivity contribution in [2.24, 2.45) is 0 Å². The molecule has 3 heteroatoms. The summed E-state index contributed by atoms with van der Waals surface area (Å²) in [5, 5.41) is 18.7. The van der Waals surface area contributed by atoms with Crippen LogP contribution in [0.3, 0.4) is 0 Å². The maximum Gasteiger partial charge on any atom is 0.0577 e. The molecule has 14 heavy (non-hydrogen) atoms. The van der Waals surface area contributed by atoms with Gasteiger partial charge in [-0.2, -0.15) is 10.2 Å². The van der Waals surface area contributed by atoms with Crippen molar-refractivity contribution in [2.45, 2.75) is 12.8 Å². The first-order chi connectivity index (χ1) is 6.92. The topological polar surface area (TPSA) is 46.0 Å². The minimum Gasteiger partial charge on any atom is -0.396 e. The third-order valence-corrected chi connectivity index (χ3v) is 2.28. The third-order valence-electron chi connectivity index (χ3n) is 2.28. The molecule has 2 aromatic rings. The molecular formula is C11H12N2O. The average Bonchev–Trinajstić information content (AvgIpc) is 2.26. The molecule has 0 amide bonds.